The van der Waals surface area contributed by atoms with Gasteiger partial charge < -0.3 is 14.6 Å². The molecule has 2 aromatic rings. The molecule has 0 aliphatic rings. The zero-order valence-electron chi connectivity index (χ0n) is 28.7. The molecule has 0 aliphatic carbocycles. The van der Waals surface area contributed by atoms with Crippen molar-refractivity contribution in [1.29, 1.82) is 0 Å². The number of hydrogen-bond acceptors (Lipinski definition) is 5. The number of aliphatic hydroxyl groups is 1. The van der Waals surface area contributed by atoms with Crippen molar-refractivity contribution < 1.29 is 24.2 Å². The summed E-state index contributed by atoms with van der Waals surface area (Å²) >= 11 is 0. The molecule has 2 atom stereocenters. The molecule has 0 saturated heterocycles. The van der Waals surface area contributed by atoms with Gasteiger partial charge in [-0.15, -0.1) is 0 Å². The molecule has 43 heavy (non-hydrogen) atoms. The third-order valence-corrected chi connectivity index (χ3v) is 8.50. The van der Waals surface area contributed by atoms with Gasteiger partial charge in [0.2, 0.25) is 0 Å². The van der Waals surface area contributed by atoms with E-state index in [0.717, 1.165) is 35.1 Å². The topological polar surface area (TPSA) is 88.1 Å². The molecule has 0 fully saturated rings. The Bertz CT molecular complexity index is 1220. The van der Waals surface area contributed by atoms with Gasteiger partial charge in [-0.2, -0.15) is 0 Å². The second-order valence-corrected chi connectivity index (χ2v) is 13.9. The Morgan fingerprint density at radius 3 is 2.02 bits per heavy atom. The highest BCUT2D eigenvalue weighted by molar-refractivity contribution is 5.99. The third-order valence-electron chi connectivity index (χ3n) is 8.50. The largest absolute Gasteiger partial charge is 0.387 e. The number of nitrogens with one attached hydrogen (secondary N) is 1. The van der Waals surface area contributed by atoms with Crippen LogP contribution in [-0.4, -0.2) is 52.9 Å². The maximum Gasteiger partial charge on any atom is 0.272 e. The number of hydrazine groups is 1. The molecule has 2 N–H and O–H groups in total. The fourth-order valence-electron chi connectivity index (χ4n) is 5.40. The van der Waals surface area contributed by atoms with Crippen LogP contribution < -0.4 is 5.43 Å². The molecule has 0 bridgehead atoms. The van der Waals surface area contributed by atoms with Crippen molar-refractivity contribution in [2.24, 2.45) is 5.41 Å². The van der Waals surface area contributed by atoms with Gasteiger partial charge in [-0.3, -0.25) is 15.0 Å². The SMILES string of the molecule is CCCC(OC)c1ccc(C(=O)NN(C(=O)c2cc(C)cc(C)c2)[C@H](CC)C(C)(C)C)cc1CCOC(C)(C)C(C)(C)O. The Morgan fingerprint density at radius 1 is 0.930 bits per heavy atom. The minimum atomic E-state index is -1.02. The maximum absolute atomic E-state index is 14.0. The first-order chi connectivity index (χ1) is 19.9. The Kier molecular flexibility index (Phi) is 12.6. The van der Waals surface area contributed by atoms with E-state index in [1.807, 2.05) is 65.0 Å². The minimum Gasteiger partial charge on any atom is -0.387 e. The van der Waals surface area contributed by atoms with Crippen LogP contribution in [-0.2, 0) is 15.9 Å². The quantitative estimate of drug-likeness (QED) is 0.234. The van der Waals surface area contributed by atoms with E-state index in [1.165, 1.54) is 5.01 Å². The molecule has 0 saturated carbocycles. The van der Waals surface area contributed by atoms with Crippen molar-refractivity contribution in [1.82, 2.24) is 10.4 Å². The summed E-state index contributed by atoms with van der Waals surface area (Å²) in [6, 6.07) is 11.2. The number of nitrogens with zero attached hydrogens (tertiary/aromatic N) is 1. The normalized spacial score (nSPS) is 13.9. The average Bonchev–Trinajstić information content (AvgIpc) is 2.89. The average molecular weight is 597 g/mol. The molecule has 7 heteroatoms. The molecule has 2 amide bonds. The Morgan fingerprint density at radius 2 is 1.53 bits per heavy atom. The van der Waals surface area contributed by atoms with Gasteiger partial charge in [-0.25, -0.2) is 5.01 Å². The van der Waals surface area contributed by atoms with Crippen molar-refractivity contribution in [3.8, 4) is 0 Å². The molecular weight excluding hydrogens is 540 g/mol. The number of aryl methyl sites for hydroxylation is 2. The van der Waals surface area contributed by atoms with E-state index in [9.17, 15) is 14.7 Å². The number of methoxy groups -OCH3 is 1. The van der Waals surface area contributed by atoms with Crippen molar-refractivity contribution in [2.45, 2.75) is 125 Å². The van der Waals surface area contributed by atoms with Crippen LogP contribution >= 0.6 is 0 Å². The summed E-state index contributed by atoms with van der Waals surface area (Å²) in [6.07, 6.45) is 2.87. The van der Waals surface area contributed by atoms with Crippen molar-refractivity contribution in [3.63, 3.8) is 0 Å². The Labute approximate surface area is 260 Å². The number of benzene rings is 2. The van der Waals surface area contributed by atoms with Crippen LogP contribution in [0, 0.1) is 19.3 Å². The maximum atomic E-state index is 14.0. The van der Waals surface area contributed by atoms with E-state index >= 15 is 0 Å². The predicted molar refractivity (Wildman–Crippen MR) is 174 cm³/mol. The van der Waals surface area contributed by atoms with Gasteiger partial charge in [0.05, 0.1) is 30.0 Å². The number of ether oxygens (including phenoxy) is 2. The molecule has 0 heterocycles. The van der Waals surface area contributed by atoms with Crippen LogP contribution in [0.3, 0.4) is 0 Å². The first-order valence-corrected chi connectivity index (χ1v) is 15.6. The summed E-state index contributed by atoms with van der Waals surface area (Å²) in [4.78, 5) is 27.8. The Hall–Kier alpha value is -2.74. The summed E-state index contributed by atoms with van der Waals surface area (Å²) in [5.74, 6) is -0.584. The lowest BCUT2D eigenvalue weighted by Crippen LogP contribution is -2.56. The van der Waals surface area contributed by atoms with E-state index in [0.29, 0.717) is 30.6 Å². The van der Waals surface area contributed by atoms with Gasteiger partial charge in [-0.05, 0) is 102 Å². The van der Waals surface area contributed by atoms with Gasteiger partial charge in [0.15, 0.2) is 0 Å². The fraction of sp³-hybridized carbons (Fsp3) is 0.611. The van der Waals surface area contributed by atoms with Crippen molar-refractivity contribution >= 4 is 11.8 Å². The molecule has 1 unspecified atom stereocenters. The van der Waals surface area contributed by atoms with Crippen LogP contribution in [0.15, 0.2) is 36.4 Å². The summed E-state index contributed by atoms with van der Waals surface area (Å²) in [6.45, 7) is 21.9. The summed E-state index contributed by atoms with van der Waals surface area (Å²) < 4.78 is 12.0. The molecule has 2 rings (SSSR count). The minimum absolute atomic E-state index is 0.118. The van der Waals surface area contributed by atoms with E-state index in [2.05, 4.69) is 33.1 Å². The number of amides is 2. The predicted octanol–water partition coefficient (Wildman–Crippen LogP) is 7.51. The molecule has 0 aromatic heterocycles. The van der Waals surface area contributed by atoms with E-state index in [1.54, 1.807) is 27.0 Å². The third kappa shape index (κ3) is 9.62. The summed E-state index contributed by atoms with van der Waals surface area (Å²) in [5, 5.41) is 12.1. The van der Waals surface area contributed by atoms with Crippen LogP contribution in [0.25, 0.3) is 0 Å². The highest BCUT2D eigenvalue weighted by atomic mass is 16.5. The molecule has 2 aromatic carbocycles. The van der Waals surface area contributed by atoms with E-state index in [4.69, 9.17) is 9.47 Å². The number of carbonyl (C=O) groups is 2. The number of carbonyl (C=O) groups excluding carboxylic acids is 2. The number of rotatable bonds is 13. The van der Waals surface area contributed by atoms with Crippen LogP contribution in [0.4, 0.5) is 0 Å². The number of hydrogen-bond donors (Lipinski definition) is 2. The zero-order valence-corrected chi connectivity index (χ0v) is 28.7. The standard InChI is InChI=1S/C36H56N2O5/c1-13-15-30(42-12)29-17-16-27(23-26(29)18-19-43-36(10,11)35(8,9)41)32(39)37-38(31(14-2)34(5,6)7)33(40)28-21-24(3)20-25(4)22-28/h16-17,20-23,30-31,41H,13-15,18-19H2,1-12H3,(H,37,39)/t30?,31-/m1/s1. The van der Waals surface area contributed by atoms with Crippen molar-refractivity contribution in [2.75, 3.05) is 13.7 Å². The monoisotopic (exact) mass is 596 g/mol. The highest BCUT2D eigenvalue weighted by Crippen LogP contribution is 2.30. The first kappa shape index (κ1) is 36.5. The van der Waals surface area contributed by atoms with Gasteiger partial charge in [-0.1, -0.05) is 64.3 Å². The zero-order chi connectivity index (χ0) is 32.8. The van der Waals surface area contributed by atoms with Gasteiger partial charge in [0, 0.05) is 18.2 Å². The lowest BCUT2D eigenvalue weighted by atomic mass is 9.84. The smallest absolute Gasteiger partial charge is 0.272 e. The summed E-state index contributed by atoms with van der Waals surface area (Å²) in [5.41, 5.74) is 5.87. The Balaban J connectivity index is 2.50. The molecular formula is C36H56N2O5. The lowest BCUT2D eigenvalue weighted by molar-refractivity contribution is -0.146. The first-order valence-electron chi connectivity index (χ1n) is 15.6. The highest BCUT2D eigenvalue weighted by Gasteiger charge is 2.36. The summed E-state index contributed by atoms with van der Waals surface area (Å²) in [7, 11) is 1.70. The van der Waals surface area contributed by atoms with Crippen LogP contribution in [0.2, 0.25) is 0 Å². The second-order valence-electron chi connectivity index (χ2n) is 13.9. The van der Waals surface area contributed by atoms with Crippen molar-refractivity contribution in [3.05, 3.63) is 69.8 Å². The molecule has 0 spiro atoms. The van der Waals surface area contributed by atoms with E-state index < -0.39 is 11.2 Å². The lowest BCUT2D eigenvalue weighted by Gasteiger charge is -2.39. The molecule has 0 aliphatic heterocycles. The van der Waals surface area contributed by atoms with Gasteiger partial charge >= 0.3 is 0 Å². The van der Waals surface area contributed by atoms with E-state index in [-0.39, 0.29) is 29.4 Å². The molecule has 7 nitrogen and oxygen atoms in total. The second kappa shape index (κ2) is 14.8. The molecule has 0 radical (unpaired) electrons. The van der Waals surface area contributed by atoms with Crippen LogP contribution in [0.5, 0.6) is 0 Å². The van der Waals surface area contributed by atoms with Gasteiger partial charge in [0.25, 0.3) is 11.8 Å². The molecule has 240 valence electrons. The van der Waals surface area contributed by atoms with Crippen LogP contribution in [0.1, 0.15) is 131 Å². The van der Waals surface area contributed by atoms with Gasteiger partial charge in [0.1, 0.15) is 0 Å². The fourth-order valence-corrected chi connectivity index (χ4v) is 5.40.